The second-order valence-electron chi connectivity index (χ2n) is 5.21. The number of hydrogen-bond donors (Lipinski definition) is 2. The molecule has 19 heavy (non-hydrogen) atoms. The molecule has 0 aliphatic carbocycles. The van der Waals surface area contributed by atoms with Gasteiger partial charge in [-0.05, 0) is 37.9 Å². The van der Waals surface area contributed by atoms with Gasteiger partial charge in [-0.1, -0.05) is 13.0 Å². The van der Waals surface area contributed by atoms with Crippen molar-refractivity contribution in [1.29, 1.82) is 0 Å². The molecular weight excluding hydrogens is 240 g/mol. The molecule has 3 N–H and O–H groups in total. The minimum atomic E-state index is 0.550. The maximum atomic E-state index is 5.91. The van der Waals surface area contributed by atoms with Gasteiger partial charge in [-0.2, -0.15) is 0 Å². The zero-order valence-electron chi connectivity index (χ0n) is 11.9. The fourth-order valence-electron chi connectivity index (χ4n) is 2.73. The van der Waals surface area contributed by atoms with Crippen molar-refractivity contribution in [3.8, 4) is 0 Å². The summed E-state index contributed by atoms with van der Waals surface area (Å²) in [5.41, 5.74) is 7.14. The first kappa shape index (κ1) is 14.3. The van der Waals surface area contributed by atoms with Gasteiger partial charge in [0.05, 0.1) is 19.8 Å². The van der Waals surface area contributed by atoms with E-state index in [1.165, 1.54) is 25.0 Å². The zero-order chi connectivity index (χ0) is 13.5. The predicted molar refractivity (Wildman–Crippen MR) is 78.3 cm³/mol. The number of nitrogens with zero attached hydrogens (tertiary/aromatic N) is 2. The van der Waals surface area contributed by atoms with Crippen LogP contribution in [0.1, 0.15) is 26.2 Å². The van der Waals surface area contributed by atoms with E-state index in [1.807, 2.05) is 0 Å². The molecule has 1 saturated heterocycles. The monoisotopic (exact) mass is 266 g/mol. The van der Waals surface area contributed by atoms with E-state index in [4.69, 9.17) is 10.5 Å². The van der Waals surface area contributed by atoms with Crippen LogP contribution >= 0.6 is 0 Å². The molecule has 2 heterocycles. The van der Waals surface area contributed by atoms with E-state index in [0.29, 0.717) is 25.2 Å². The maximum absolute atomic E-state index is 5.91. The highest BCUT2D eigenvalue weighted by molar-refractivity contribution is 5.78. The predicted octanol–water partition coefficient (Wildman–Crippen LogP) is 0.722. The van der Waals surface area contributed by atoms with Crippen LogP contribution in [-0.2, 0) is 4.74 Å². The topological polar surface area (TPSA) is 62.9 Å². The molecule has 0 aromatic rings. The minimum absolute atomic E-state index is 0.550. The molecule has 0 amide bonds. The van der Waals surface area contributed by atoms with Crippen LogP contribution in [0.5, 0.6) is 0 Å². The smallest absolute Gasteiger partial charge is 0.188 e. The van der Waals surface area contributed by atoms with Gasteiger partial charge in [0.25, 0.3) is 0 Å². The van der Waals surface area contributed by atoms with Crippen molar-refractivity contribution in [3.05, 3.63) is 11.6 Å². The highest BCUT2D eigenvalue weighted by Crippen LogP contribution is 2.15. The van der Waals surface area contributed by atoms with Crippen LogP contribution in [0.4, 0.5) is 0 Å². The van der Waals surface area contributed by atoms with Gasteiger partial charge in [-0.15, -0.1) is 0 Å². The molecule has 1 atom stereocenters. The Labute approximate surface area is 115 Å². The molecule has 1 fully saturated rings. The van der Waals surface area contributed by atoms with Crippen LogP contribution in [0.3, 0.4) is 0 Å². The van der Waals surface area contributed by atoms with E-state index in [2.05, 4.69) is 28.2 Å². The molecule has 5 heteroatoms. The van der Waals surface area contributed by atoms with Crippen molar-refractivity contribution in [3.63, 3.8) is 0 Å². The molecule has 2 rings (SSSR count). The molecule has 5 nitrogen and oxygen atoms in total. The third-order valence-electron chi connectivity index (χ3n) is 3.86. The lowest BCUT2D eigenvalue weighted by Gasteiger charge is -2.23. The van der Waals surface area contributed by atoms with Crippen LogP contribution in [0.15, 0.2) is 16.6 Å². The summed E-state index contributed by atoms with van der Waals surface area (Å²) < 4.78 is 5.38. The Balaban J connectivity index is 1.71. The number of nitrogens with two attached hydrogens (primary N) is 1. The van der Waals surface area contributed by atoms with Crippen molar-refractivity contribution in [2.24, 2.45) is 10.7 Å². The van der Waals surface area contributed by atoms with Gasteiger partial charge in [0, 0.05) is 12.6 Å². The number of likely N-dealkylation sites (tertiary alicyclic amines) is 1. The minimum Gasteiger partial charge on any atom is -0.377 e. The molecule has 0 saturated carbocycles. The van der Waals surface area contributed by atoms with Gasteiger partial charge in [0.2, 0.25) is 0 Å². The number of aliphatic imine (C=N–C) groups is 1. The Kier molecular flexibility index (Phi) is 5.66. The summed E-state index contributed by atoms with van der Waals surface area (Å²) in [6, 6.07) is 0.607. The van der Waals surface area contributed by atoms with Crippen LogP contribution in [0, 0.1) is 0 Å². The summed E-state index contributed by atoms with van der Waals surface area (Å²) >= 11 is 0. The largest absolute Gasteiger partial charge is 0.377 e. The maximum Gasteiger partial charge on any atom is 0.188 e. The van der Waals surface area contributed by atoms with Crippen LogP contribution in [0.25, 0.3) is 0 Å². The Morgan fingerprint density at radius 2 is 2.53 bits per heavy atom. The number of guanidine groups is 1. The fraction of sp³-hybridized carbons (Fsp3) is 0.786. The van der Waals surface area contributed by atoms with E-state index in [0.717, 1.165) is 26.1 Å². The average Bonchev–Trinajstić information content (AvgIpc) is 2.91. The standard InChI is InChI=1S/C14H26N4O/c1-2-18-7-3-6-13(18)10-17-14(15)16-9-12-5-4-8-19-11-12/h5,13H,2-4,6-11H2,1H3,(H3,15,16,17). The van der Waals surface area contributed by atoms with E-state index in [9.17, 15) is 0 Å². The summed E-state index contributed by atoms with van der Waals surface area (Å²) in [7, 11) is 0. The molecule has 2 aliphatic rings. The molecule has 1 unspecified atom stereocenters. The van der Waals surface area contributed by atoms with E-state index >= 15 is 0 Å². The average molecular weight is 266 g/mol. The molecule has 0 spiro atoms. The number of ether oxygens (including phenoxy) is 1. The quantitative estimate of drug-likeness (QED) is 0.437. The summed E-state index contributed by atoms with van der Waals surface area (Å²) in [5.74, 6) is 0.550. The molecule has 0 bridgehead atoms. The fourth-order valence-corrected chi connectivity index (χ4v) is 2.73. The van der Waals surface area contributed by atoms with Gasteiger partial charge in [-0.3, -0.25) is 4.90 Å². The molecule has 0 radical (unpaired) electrons. The van der Waals surface area contributed by atoms with E-state index < -0.39 is 0 Å². The summed E-state index contributed by atoms with van der Waals surface area (Å²) in [6.07, 6.45) is 5.75. The molecule has 0 aromatic heterocycles. The van der Waals surface area contributed by atoms with Crippen LogP contribution in [0.2, 0.25) is 0 Å². The normalized spacial score (nSPS) is 25.4. The Bertz CT molecular complexity index is 340. The third-order valence-corrected chi connectivity index (χ3v) is 3.86. The third kappa shape index (κ3) is 4.51. The van der Waals surface area contributed by atoms with Crippen molar-refractivity contribution >= 4 is 5.96 Å². The lowest BCUT2D eigenvalue weighted by molar-refractivity contribution is 0.150. The van der Waals surface area contributed by atoms with Gasteiger partial charge < -0.3 is 15.8 Å². The van der Waals surface area contributed by atoms with Gasteiger partial charge in [-0.25, -0.2) is 4.99 Å². The Morgan fingerprint density at radius 3 is 3.26 bits per heavy atom. The first-order valence-corrected chi connectivity index (χ1v) is 7.33. The summed E-state index contributed by atoms with van der Waals surface area (Å²) in [6.45, 7) is 7.63. The highest BCUT2D eigenvalue weighted by Gasteiger charge is 2.22. The lowest BCUT2D eigenvalue weighted by atomic mass is 10.2. The number of hydrogen-bond acceptors (Lipinski definition) is 3. The zero-order valence-corrected chi connectivity index (χ0v) is 11.9. The van der Waals surface area contributed by atoms with Crippen molar-refractivity contribution in [2.45, 2.75) is 32.2 Å². The van der Waals surface area contributed by atoms with Crippen LogP contribution < -0.4 is 11.1 Å². The van der Waals surface area contributed by atoms with Crippen molar-refractivity contribution < 1.29 is 4.74 Å². The van der Waals surface area contributed by atoms with Gasteiger partial charge in [0.1, 0.15) is 0 Å². The van der Waals surface area contributed by atoms with Gasteiger partial charge >= 0.3 is 0 Å². The first-order chi connectivity index (χ1) is 9.29. The second-order valence-corrected chi connectivity index (χ2v) is 5.21. The number of rotatable bonds is 5. The SMILES string of the molecule is CCN1CCCC1CNC(N)=NCC1=CCCOC1. The number of nitrogens with one attached hydrogen (secondary N) is 1. The van der Waals surface area contributed by atoms with E-state index in [1.54, 1.807) is 0 Å². The molecule has 108 valence electrons. The van der Waals surface area contributed by atoms with E-state index in [-0.39, 0.29) is 0 Å². The Morgan fingerprint density at radius 1 is 1.63 bits per heavy atom. The summed E-state index contributed by atoms with van der Waals surface area (Å²) in [4.78, 5) is 6.87. The van der Waals surface area contributed by atoms with Gasteiger partial charge in [0.15, 0.2) is 5.96 Å². The lowest BCUT2D eigenvalue weighted by Crippen LogP contribution is -2.42. The number of likely N-dealkylation sites (N-methyl/N-ethyl adjacent to an activating group) is 1. The molecular formula is C14H26N4O. The van der Waals surface area contributed by atoms with Crippen molar-refractivity contribution in [2.75, 3.05) is 39.4 Å². The molecule has 2 aliphatic heterocycles. The highest BCUT2D eigenvalue weighted by atomic mass is 16.5. The van der Waals surface area contributed by atoms with Crippen molar-refractivity contribution in [1.82, 2.24) is 10.2 Å². The summed E-state index contributed by atoms with van der Waals surface area (Å²) in [5, 5.41) is 3.25. The molecule has 0 aromatic carbocycles. The first-order valence-electron chi connectivity index (χ1n) is 7.33. The van der Waals surface area contributed by atoms with Crippen LogP contribution in [-0.4, -0.2) is 56.3 Å². The Hall–Kier alpha value is -1.07. The second kappa shape index (κ2) is 7.50.